The van der Waals surface area contributed by atoms with Crippen LogP contribution in [0.15, 0.2) is 42.5 Å². The number of ether oxygens (including phenoxy) is 1. The molecule has 0 amide bonds. The Kier molecular flexibility index (Phi) is 5.78. The molecule has 0 atom stereocenters. The van der Waals surface area contributed by atoms with Crippen molar-refractivity contribution < 1.29 is 4.74 Å². The molecule has 2 N–H and O–H groups in total. The molecule has 150 valence electrons. The molecule has 2 heterocycles. The molecule has 1 aromatic heterocycles. The van der Waals surface area contributed by atoms with Crippen LogP contribution >= 0.6 is 11.6 Å². The number of rotatable bonds is 5. The summed E-state index contributed by atoms with van der Waals surface area (Å²) in [4.78, 5) is 15.9. The van der Waals surface area contributed by atoms with Crippen LogP contribution in [0, 0.1) is 13.8 Å². The molecule has 0 saturated carbocycles. The van der Waals surface area contributed by atoms with Gasteiger partial charge in [-0.25, -0.2) is 0 Å². The number of aromatic nitrogens is 3. The predicted octanol–water partition coefficient (Wildman–Crippen LogP) is 4.47. The van der Waals surface area contributed by atoms with E-state index >= 15 is 0 Å². The third kappa shape index (κ3) is 4.93. The van der Waals surface area contributed by atoms with Crippen molar-refractivity contribution in [1.82, 2.24) is 15.0 Å². The monoisotopic (exact) mass is 410 g/mol. The summed E-state index contributed by atoms with van der Waals surface area (Å²) in [6, 6.07) is 13.7. The van der Waals surface area contributed by atoms with E-state index in [-0.39, 0.29) is 0 Å². The highest BCUT2D eigenvalue weighted by molar-refractivity contribution is 6.30. The Hall–Kier alpha value is -2.90. The SMILES string of the molecule is Cc1ccc(C)c(Nc2nc(Nc3cccc(Cl)c3)nc(N3CCOCC3)n2)c1. The molecule has 8 heteroatoms. The topological polar surface area (TPSA) is 75.2 Å². The van der Waals surface area contributed by atoms with Gasteiger partial charge in [-0.1, -0.05) is 29.8 Å². The maximum atomic E-state index is 6.11. The molecule has 0 bridgehead atoms. The van der Waals surface area contributed by atoms with Gasteiger partial charge in [0.25, 0.3) is 0 Å². The van der Waals surface area contributed by atoms with E-state index in [9.17, 15) is 0 Å². The van der Waals surface area contributed by atoms with Gasteiger partial charge in [-0.3, -0.25) is 0 Å². The first-order chi connectivity index (χ1) is 14.1. The largest absolute Gasteiger partial charge is 0.378 e. The molecule has 1 saturated heterocycles. The molecular weight excluding hydrogens is 388 g/mol. The molecule has 1 aliphatic rings. The first kappa shape index (κ1) is 19.4. The summed E-state index contributed by atoms with van der Waals surface area (Å²) in [6.07, 6.45) is 0. The van der Waals surface area contributed by atoms with Gasteiger partial charge >= 0.3 is 0 Å². The van der Waals surface area contributed by atoms with Crippen LogP contribution in [-0.4, -0.2) is 41.3 Å². The van der Waals surface area contributed by atoms with Crippen LogP contribution in [0.3, 0.4) is 0 Å². The number of aryl methyl sites for hydroxylation is 2. The third-order valence-electron chi connectivity index (χ3n) is 4.64. The summed E-state index contributed by atoms with van der Waals surface area (Å²) in [6.45, 7) is 6.90. The van der Waals surface area contributed by atoms with E-state index < -0.39 is 0 Å². The molecule has 3 aromatic rings. The highest BCUT2D eigenvalue weighted by atomic mass is 35.5. The maximum Gasteiger partial charge on any atom is 0.233 e. The van der Waals surface area contributed by atoms with Crippen molar-refractivity contribution in [3.63, 3.8) is 0 Å². The smallest absolute Gasteiger partial charge is 0.233 e. The number of hydrogen-bond acceptors (Lipinski definition) is 7. The van der Waals surface area contributed by atoms with E-state index in [1.54, 1.807) is 0 Å². The van der Waals surface area contributed by atoms with E-state index in [1.807, 2.05) is 24.3 Å². The molecule has 29 heavy (non-hydrogen) atoms. The van der Waals surface area contributed by atoms with E-state index in [2.05, 4.69) is 62.5 Å². The van der Waals surface area contributed by atoms with Crippen LogP contribution in [-0.2, 0) is 4.74 Å². The second-order valence-corrected chi connectivity index (χ2v) is 7.40. The molecule has 4 rings (SSSR count). The summed E-state index contributed by atoms with van der Waals surface area (Å²) < 4.78 is 5.46. The van der Waals surface area contributed by atoms with Gasteiger partial charge in [-0.2, -0.15) is 15.0 Å². The van der Waals surface area contributed by atoms with Gasteiger partial charge in [0.2, 0.25) is 17.8 Å². The standard InChI is InChI=1S/C21H23ClN6O/c1-14-6-7-15(2)18(12-14)24-20-25-19(23-17-5-3-4-16(22)13-17)26-21(27-20)28-8-10-29-11-9-28/h3-7,12-13H,8-11H2,1-2H3,(H2,23,24,25,26,27). The van der Waals surface area contributed by atoms with Gasteiger partial charge in [-0.15, -0.1) is 0 Å². The molecule has 0 radical (unpaired) electrons. The lowest BCUT2D eigenvalue weighted by atomic mass is 10.1. The van der Waals surface area contributed by atoms with Crippen molar-refractivity contribution in [3.8, 4) is 0 Å². The fraction of sp³-hybridized carbons (Fsp3) is 0.286. The lowest BCUT2D eigenvalue weighted by Gasteiger charge is -2.27. The predicted molar refractivity (Wildman–Crippen MR) is 117 cm³/mol. The van der Waals surface area contributed by atoms with Gasteiger partial charge in [-0.05, 0) is 49.2 Å². The van der Waals surface area contributed by atoms with E-state index in [4.69, 9.17) is 16.3 Å². The Labute approximate surface area is 175 Å². The van der Waals surface area contributed by atoms with Gasteiger partial charge in [0, 0.05) is 29.5 Å². The van der Waals surface area contributed by atoms with Crippen molar-refractivity contribution in [2.75, 3.05) is 41.8 Å². The Morgan fingerprint density at radius 1 is 0.931 bits per heavy atom. The van der Waals surface area contributed by atoms with Gasteiger partial charge in [0.1, 0.15) is 0 Å². The summed E-state index contributed by atoms with van der Waals surface area (Å²) >= 11 is 6.11. The molecular formula is C21H23ClN6O. The quantitative estimate of drug-likeness (QED) is 0.642. The van der Waals surface area contributed by atoms with E-state index in [1.165, 1.54) is 0 Å². The summed E-state index contributed by atoms with van der Waals surface area (Å²) in [5, 5.41) is 7.22. The van der Waals surface area contributed by atoms with Gasteiger partial charge in [0.05, 0.1) is 13.2 Å². The Morgan fingerprint density at radius 3 is 2.45 bits per heavy atom. The van der Waals surface area contributed by atoms with Gasteiger partial charge in [0.15, 0.2) is 0 Å². The van der Waals surface area contributed by atoms with Crippen LogP contribution in [0.25, 0.3) is 0 Å². The minimum atomic E-state index is 0.455. The first-order valence-corrected chi connectivity index (χ1v) is 9.90. The highest BCUT2D eigenvalue weighted by Crippen LogP contribution is 2.24. The van der Waals surface area contributed by atoms with Crippen molar-refractivity contribution in [2.24, 2.45) is 0 Å². The fourth-order valence-electron chi connectivity index (χ4n) is 3.07. The molecule has 1 aliphatic heterocycles. The highest BCUT2D eigenvalue weighted by Gasteiger charge is 2.17. The van der Waals surface area contributed by atoms with Crippen molar-refractivity contribution in [2.45, 2.75) is 13.8 Å². The number of nitrogens with zero attached hydrogens (tertiary/aromatic N) is 4. The van der Waals surface area contributed by atoms with Crippen molar-refractivity contribution in [1.29, 1.82) is 0 Å². The molecule has 0 unspecified atom stereocenters. The number of morpholine rings is 1. The zero-order valence-corrected chi connectivity index (χ0v) is 17.2. The number of nitrogens with one attached hydrogen (secondary N) is 2. The Balaban J connectivity index is 1.68. The number of hydrogen-bond donors (Lipinski definition) is 2. The maximum absolute atomic E-state index is 6.11. The van der Waals surface area contributed by atoms with Crippen LogP contribution < -0.4 is 15.5 Å². The van der Waals surface area contributed by atoms with Crippen LogP contribution in [0.1, 0.15) is 11.1 Å². The minimum Gasteiger partial charge on any atom is -0.378 e. The zero-order chi connectivity index (χ0) is 20.2. The second kappa shape index (κ2) is 8.63. The number of anilines is 5. The van der Waals surface area contributed by atoms with Gasteiger partial charge < -0.3 is 20.3 Å². The third-order valence-corrected chi connectivity index (χ3v) is 4.87. The fourth-order valence-corrected chi connectivity index (χ4v) is 3.26. The second-order valence-electron chi connectivity index (χ2n) is 6.96. The number of halogens is 1. The van der Waals surface area contributed by atoms with E-state index in [0.29, 0.717) is 36.1 Å². The molecule has 2 aromatic carbocycles. The lowest BCUT2D eigenvalue weighted by Crippen LogP contribution is -2.37. The number of benzene rings is 2. The Bertz CT molecular complexity index is 1010. The average Bonchev–Trinajstić information content (AvgIpc) is 2.71. The molecule has 0 aliphatic carbocycles. The Morgan fingerprint density at radius 2 is 1.69 bits per heavy atom. The van der Waals surface area contributed by atoms with Crippen molar-refractivity contribution in [3.05, 3.63) is 58.6 Å². The zero-order valence-electron chi connectivity index (χ0n) is 16.4. The van der Waals surface area contributed by atoms with Crippen molar-refractivity contribution >= 4 is 40.8 Å². The lowest BCUT2D eigenvalue weighted by molar-refractivity contribution is 0.122. The summed E-state index contributed by atoms with van der Waals surface area (Å²) in [7, 11) is 0. The van der Waals surface area contributed by atoms with Crippen LogP contribution in [0.5, 0.6) is 0 Å². The molecule has 7 nitrogen and oxygen atoms in total. The van der Waals surface area contributed by atoms with E-state index in [0.717, 1.165) is 35.6 Å². The average molecular weight is 411 g/mol. The molecule has 0 spiro atoms. The molecule has 1 fully saturated rings. The first-order valence-electron chi connectivity index (χ1n) is 9.52. The van der Waals surface area contributed by atoms with Crippen LogP contribution in [0.4, 0.5) is 29.2 Å². The normalized spacial score (nSPS) is 14.0. The van der Waals surface area contributed by atoms with Crippen LogP contribution in [0.2, 0.25) is 5.02 Å². The minimum absolute atomic E-state index is 0.455. The summed E-state index contributed by atoms with van der Waals surface area (Å²) in [5.74, 6) is 1.55. The summed E-state index contributed by atoms with van der Waals surface area (Å²) in [5.41, 5.74) is 4.07.